The molecule has 3 heteroatoms. The van der Waals surface area contributed by atoms with Gasteiger partial charge in [-0.3, -0.25) is 4.79 Å². The Bertz CT molecular complexity index is 381. The van der Waals surface area contributed by atoms with Crippen molar-refractivity contribution in [1.29, 1.82) is 0 Å². The van der Waals surface area contributed by atoms with Crippen molar-refractivity contribution in [3.8, 4) is 0 Å². The number of allylic oxidation sites excluding steroid dienone is 1. The molecule has 0 heterocycles. The van der Waals surface area contributed by atoms with E-state index in [1.165, 1.54) is 24.7 Å². The number of fused-ring (bicyclic) bond motifs is 1. The van der Waals surface area contributed by atoms with Crippen LogP contribution in [0.4, 0.5) is 0 Å². The van der Waals surface area contributed by atoms with E-state index >= 15 is 0 Å². The van der Waals surface area contributed by atoms with Crippen molar-refractivity contribution in [1.82, 2.24) is 0 Å². The van der Waals surface area contributed by atoms with Crippen LogP contribution in [0.15, 0.2) is 11.1 Å². The Morgan fingerprint density at radius 2 is 2.17 bits per heavy atom. The number of methoxy groups -OCH3 is 1. The minimum atomic E-state index is -0.970. The lowest BCUT2D eigenvalue weighted by atomic mass is 9.61. The Kier molecular flexibility index (Phi) is 3.54. The Balaban J connectivity index is 2.40. The van der Waals surface area contributed by atoms with Crippen molar-refractivity contribution >= 4 is 5.97 Å². The zero-order valence-electron chi connectivity index (χ0n) is 11.8. The smallest absolute Gasteiger partial charge is 0.312 e. The van der Waals surface area contributed by atoms with Gasteiger partial charge in [0.15, 0.2) is 0 Å². The molecule has 1 N–H and O–H groups in total. The Hall–Kier alpha value is -0.830. The van der Waals surface area contributed by atoms with Crippen LogP contribution in [-0.4, -0.2) is 23.8 Å². The normalized spacial score (nSPS) is 40.4. The fourth-order valence-electron chi connectivity index (χ4n) is 3.89. The molecule has 0 aromatic heterocycles. The van der Waals surface area contributed by atoms with Crippen molar-refractivity contribution in [3.63, 3.8) is 0 Å². The molecule has 1 saturated carbocycles. The summed E-state index contributed by atoms with van der Waals surface area (Å²) in [7, 11) is 1.41. The zero-order valence-corrected chi connectivity index (χ0v) is 11.8. The molecule has 0 amide bonds. The van der Waals surface area contributed by atoms with E-state index in [-0.39, 0.29) is 11.9 Å². The summed E-state index contributed by atoms with van der Waals surface area (Å²) in [4.78, 5) is 12.0. The van der Waals surface area contributed by atoms with E-state index in [0.29, 0.717) is 12.3 Å². The van der Waals surface area contributed by atoms with Gasteiger partial charge in [-0.1, -0.05) is 18.1 Å². The second-order valence-electron chi connectivity index (χ2n) is 6.33. The van der Waals surface area contributed by atoms with Gasteiger partial charge in [-0.15, -0.1) is 0 Å². The highest BCUT2D eigenvalue weighted by Crippen LogP contribution is 2.49. The monoisotopic (exact) mass is 252 g/mol. The van der Waals surface area contributed by atoms with Crippen LogP contribution >= 0.6 is 0 Å². The average Bonchev–Trinajstić information content (AvgIpc) is 2.26. The van der Waals surface area contributed by atoms with Crippen molar-refractivity contribution < 1.29 is 14.6 Å². The summed E-state index contributed by atoms with van der Waals surface area (Å²) in [6, 6.07) is 0. The highest BCUT2D eigenvalue weighted by Gasteiger charge is 2.49. The molecule has 0 unspecified atom stereocenters. The maximum Gasteiger partial charge on any atom is 0.312 e. The first-order chi connectivity index (χ1) is 8.36. The van der Waals surface area contributed by atoms with Gasteiger partial charge < -0.3 is 9.84 Å². The second kappa shape index (κ2) is 4.69. The first-order valence-corrected chi connectivity index (χ1v) is 6.85. The zero-order chi connectivity index (χ0) is 13.5. The molecule has 2 aliphatic carbocycles. The first-order valence-electron chi connectivity index (χ1n) is 6.85. The number of hydrogen-bond donors (Lipinski definition) is 1. The summed E-state index contributed by atoms with van der Waals surface area (Å²) in [6.45, 7) is 6.10. The molecule has 0 aliphatic heterocycles. The lowest BCUT2D eigenvalue weighted by Crippen LogP contribution is -2.49. The molecule has 102 valence electrons. The number of esters is 1. The number of ether oxygens (including phenoxy) is 1. The van der Waals surface area contributed by atoms with E-state index in [0.717, 1.165) is 12.8 Å². The first kappa shape index (κ1) is 13.6. The topological polar surface area (TPSA) is 46.5 Å². The third-order valence-corrected chi connectivity index (χ3v) is 4.71. The molecule has 3 nitrogen and oxygen atoms in total. The number of rotatable bonds is 1. The molecule has 0 aromatic carbocycles. The van der Waals surface area contributed by atoms with Gasteiger partial charge in [0.05, 0.1) is 18.6 Å². The summed E-state index contributed by atoms with van der Waals surface area (Å²) in [6.07, 6.45) is 3.84. The Labute approximate surface area is 109 Å². The predicted octanol–water partition coefficient (Wildman–Crippen LogP) is 2.68. The second-order valence-corrected chi connectivity index (χ2v) is 6.33. The number of aliphatic hydroxyl groups is 1. The molecule has 2 rings (SSSR count). The fourth-order valence-corrected chi connectivity index (χ4v) is 3.89. The molecule has 4 atom stereocenters. The van der Waals surface area contributed by atoms with Gasteiger partial charge in [0.1, 0.15) is 0 Å². The van der Waals surface area contributed by atoms with Crippen LogP contribution in [0.3, 0.4) is 0 Å². The summed E-state index contributed by atoms with van der Waals surface area (Å²) in [5, 5.41) is 10.6. The van der Waals surface area contributed by atoms with Crippen LogP contribution in [0, 0.1) is 17.8 Å². The quantitative estimate of drug-likeness (QED) is 0.576. The van der Waals surface area contributed by atoms with Crippen LogP contribution in [0.1, 0.15) is 46.5 Å². The fraction of sp³-hybridized carbons (Fsp3) is 0.800. The largest absolute Gasteiger partial charge is 0.469 e. The van der Waals surface area contributed by atoms with E-state index in [1.54, 1.807) is 6.92 Å². The predicted molar refractivity (Wildman–Crippen MR) is 70.0 cm³/mol. The lowest BCUT2D eigenvalue weighted by molar-refractivity contribution is -0.159. The summed E-state index contributed by atoms with van der Waals surface area (Å²) < 4.78 is 4.92. The Morgan fingerprint density at radius 1 is 1.50 bits per heavy atom. The van der Waals surface area contributed by atoms with Gasteiger partial charge >= 0.3 is 5.97 Å². The SMILES string of the molecule is COC(=O)[C@H]1[C@@H]2C[C@H](C)CCC2=C(C)C[C@@]1(C)O. The minimum Gasteiger partial charge on any atom is -0.469 e. The molecule has 0 saturated heterocycles. The minimum absolute atomic E-state index is 0.171. The van der Waals surface area contributed by atoms with E-state index in [9.17, 15) is 9.90 Å². The molecule has 0 radical (unpaired) electrons. The molecule has 0 spiro atoms. The standard InChI is InChI=1S/C15H24O3/c1-9-5-6-11-10(2)8-15(3,17)13(12(11)7-9)14(16)18-4/h9,12-13,17H,5-8H2,1-4H3/t9-,12-,13-,15-/m1/s1. The molecular weight excluding hydrogens is 228 g/mol. The van der Waals surface area contributed by atoms with Gasteiger partial charge in [0.25, 0.3) is 0 Å². The van der Waals surface area contributed by atoms with E-state index in [4.69, 9.17) is 4.74 Å². The van der Waals surface area contributed by atoms with Crippen molar-refractivity contribution in [2.24, 2.45) is 17.8 Å². The van der Waals surface area contributed by atoms with Crippen LogP contribution in [0.25, 0.3) is 0 Å². The van der Waals surface area contributed by atoms with E-state index in [1.807, 2.05) is 0 Å². The van der Waals surface area contributed by atoms with Crippen LogP contribution in [-0.2, 0) is 9.53 Å². The van der Waals surface area contributed by atoms with Crippen LogP contribution < -0.4 is 0 Å². The third kappa shape index (κ3) is 2.20. The van der Waals surface area contributed by atoms with Gasteiger partial charge in [0.2, 0.25) is 0 Å². The van der Waals surface area contributed by atoms with Gasteiger partial charge in [-0.25, -0.2) is 0 Å². The molecule has 1 fully saturated rings. The molecule has 0 aromatic rings. The lowest BCUT2D eigenvalue weighted by Gasteiger charge is -2.46. The van der Waals surface area contributed by atoms with Crippen molar-refractivity contribution in [2.75, 3.05) is 7.11 Å². The van der Waals surface area contributed by atoms with E-state index in [2.05, 4.69) is 13.8 Å². The van der Waals surface area contributed by atoms with Crippen molar-refractivity contribution in [2.45, 2.75) is 52.1 Å². The van der Waals surface area contributed by atoms with Gasteiger partial charge in [-0.2, -0.15) is 0 Å². The maximum atomic E-state index is 12.0. The average molecular weight is 252 g/mol. The van der Waals surface area contributed by atoms with Crippen molar-refractivity contribution in [3.05, 3.63) is 11.1 Å². The molecular formula is C15H24O3. The highest BCUT2D eigenvalue weighted by atomic mass is 16.5. The van der Waals surface area contributed by atoms with E-state index < -0.39 is 11.5 Å². The summed E-state index contributed by atoms with van der Waals surface area (Å²) in [5.41, 5.74) is 1.70. The van der Waals surface area contributed by atoms with Crippen LogP contribution in [0.5, 0.6) is 0 Å². The molecule has 0 bridgehead atoms. The molecule has 2 aliphatic rings. The maximum absolute atomic E-state index is 12.0. The Morgan fingerprint density at radius 3 is 2.78 bits per heavy atom. The number of carbonyl (C=O) groups is 1. The highest BCUT2D eigenvalue weighted by molar-refractivity contribution is 5.75. The van der Waals surface area contributed by atoms with Gasteiger partial charge in [-0.05, 0) is 51.4 Å². The molecule has 18 heavy (non-hydrogen) atoms. The summed E-state index contributed by atoms with van der Waals surface area (Å²) in [5.74, 6) is 0.130. The number of carbonyl (C=O) groups excluding carboxylic acids is 1. The van der Waals surface area contributed by atoms with Crippen LogP contribution in [0.2, 0.25) is 0 Å². The van der Waals surface area contributed by atoms with Gasteiger partial charge in [0, 0.05) is 0 Å². The summed E-state index contributed by atoms with van der Waals surface area (Å²) >= 11 is 0. The third-order valence-electron chi connectivity index (χ3n) is 4.71. The number of hydrogen-bond acceptors (Lipinski definition) is 3.